The van der Waals surface area contributed by atoms with E-state index in [1.54, 1.807) is 4.90 Å². The molecule has 2 unspecified atom stereocenters. The molecular formula is C13H18N2O3. The molecule has 1 heterocycles. The van der Waals surface area contributed by atoms with E-state index in [0.29, 0.717) is 13.1 Å². The van der Waals surface area contributed by atoms with Crippen molar-refractivity contribution in [3.8, 4) is 6.07 Å². The molecular weight excluding hydrogens is 232 g/mol. The molecule has 0 bridgehead atoms. The summed E-state index contributed by atoms with van der Waals surface area (Å²) in [6.07, 6.45) is -0.314. The lowest BCUT2D eigenvalue weighted by atomic mass is 10.1. The summed E-state index contributed by atoms with van der Waals surface area (Å²) >= 11 is 0. The van der Waals surface area contributed by atoms with Gasteiger partial charge in [0, 0.05) is 19.0 Å². The third-order valence-electron chi connectivity index (χ3n) is 3.47. The molecule has 1 amide bonds. The van der Waals surface area contributed by atoms with E-state index in [4.69, 9.17) is 10.00 Å². The van der Waals surface area contributed by atoms with Crippen LogP contribution in [0.1, 0.15) is 27.2 Å². The number of hydrogen-bond donors (Lipinski definition) is 0. The number of fused-ring (bicyclic) bond motifs is 1. The topological polar surface area (TPSA) is 70.4 Å². The van der Waals surface area contributed by atoms with E-state index in [1.807, 2.05) is 26.8 Å². The third-order valence-corrected chi connectivity index (χ3v) is 3.47. The molecule has 0 aromatic rings. The Hall–Kier alpha value is -1.57. The van der Waals surface area contributed by atoms with Crippen molar-refractivity contribution in [2.75, 3.05) is 13.1 Å². The summed E-state index contributed by atoms with van der Waals surface area (Å²) in [5.41, 5.74) is -0.486. The maximum atomic E-state index is 11.8. The summed E-state index contributed by atoms with van der Waals surface area (Å²) < 4.78 is 5.28. The highest BCUT2D eigenvalue weighted by Crippen LogP contribution is 2.52. The number of likely N-dealkylation sites (tertiary alicyclic amines) is 1. The van der Waals surface area contributed by atoms with E-state index in [2.05, 4.69) is 0 Å². The number of nitrogens with zero attached hydrogens (tertiary/aromatic N) is 2. The van der Waals surface area contributed by atoms with Crippen LogP contribution in [0.2, 0.25) is 0 Å². The van der Waals surface area contributed by atoms with Crippen LogP contribution in [0, 0.1) is 29.1 Å². The molecule has 0 aromatic carbocycles. The molecule has 1 aliphatic carbocycles. The number of carbonyl (C=O) groups excluding carboxylic acids is 2. The quantitative estimate of drug-likeness (QED) is 0.746. The summed E-state index contributed by atoms with van der Waals surface area (Å²) in [7, 11) is 0. The number of carbonyl (C=O) groups is 2. The van der Waals surface area contributed by atoms with E-state index in [-0.39, 0.29) is 36.1 Å². The Morgan fingerprint density at radius 1 is 1.33 bits per heavy atom. The molecule has 1 saturated carbocycles. The number of ketones is 1. The maximum Gasteiger partial charge on any atom is 0.410 e. The first-order valence-electron chi connectivity index (χ1n) is 6.21. The van der Waals surface area contributed by atoms with Crippen molar-refractivity contribution in [2.45, 2.75) is 32.8 Å². The molecule has 5 nitrogen and oxygen atoms in total. The second-order valence-electron chi connectivity index (χ2n) is 6.04. The zero-order valence-electron chi connectivity index (χ0n) is 11.0. The van der Waals surface area contributed by atoms with Crippen LogP contribution in [-0.2, 0) is 9.53 Å². The van der Waals surface area contributed by atoms with Crippen LogP contribution in [0.25, 0.3) is 0 Å². The lowest BCUT2D eigenvalue weighted by Gasteiger charge is -2.25. The molecule has 0 spiro atoms. The average Bonchev–Trinajstić information content (AvgIpc) is 2.72. The molecule has 1 aliphatic heterocycles. The summed E-state index contributed by atoms with van der Waals surface area (Å²) in [4.78, 5) is 25.0. The van der Waals surface area contributed by atoms with Gasteiger partial charge in [0.25, 0.3) is 0 Å². The molecule has 0 N–H and O–H groups in total. The number of amides is 1. The number of ether oxygens (including phenoxy) is 1. The average molecular weight is 250 g/mol. The van der Waals surface area contributed by atoms with Gasteiger partial charge in [-0.3, -0.25) is 4.79 Å². The fourth-order valence-electron chi connectivity index (χ4n) is 2.68. The Morgan fingerprint density at radius 2 is 1.89 bits per heavy atom. The van der Waals surface area contributed by atoms with Gasteiger partial charge < -0.3 is 9.64 Å². The second kappa shape index (κ2) is 4.27. The molecule has 5 heteroatoms. The predicted molar refractivity (Wildman–Crippen MR) is 63.5 cm³/mol. The number of Topliss-reactive ketones (excluding diaryl/α,β-unsaturated/α-hetero) is 1. The van der Waals surface area contributed by atoms with Crippen molar-refractivity contribution in [1.82, 2.24) is 4.90 Å². The van der Waals surface area contributed by atoms with Crippen molar-refractivity contribution in [1.29, 1.82) is 5.26 Å². The molecule has 18 heavy (non-hydrogen) atoms. The molecule has 2 aliphatic rings. The number of nitriles is 1. The van der Waals surface area contributed by atoms with Gasteiger partial charge in [-0.25, -0.2) is 4.79 Å². The van der Waals surface area contributed by atoms with Crippen molar-refractivity contribution in [3.63, 3.8) is 0 Å². The van der Waals surface area contributed by atoms with E-state index in [1.165, 1.54) is 0 Å². The van der Waals surface area contributed by atoms with Crippen LogP contribution >= 0.6 is 0 Å². The summed E-state index contributed by atoms with van der Waals surface area (Å²) in [5, 5.41) is 8.49. The Balaban J connectivity index is 1.83. The zero-order chi connectivity index (χ0) is 13.5. The van der Waals surface area contributed by atoms with Gasteiger partial charge in [0.2, 0.25) is 0 Å². The maximum absolute atomic E-state index is 11.8. The molecule has 2 fully saturated rings. The van der Waals surface area contributed by atoms with Crippen molar-refractivity contribution in [3.05, 3.63) is 0 Å². The number of hydrogen-bond acceptors (Lipinski definition) is 4. The third kappa shape index (κ3) is 2.47. The number of rotatable bonds is 2. The summed E-state index contributed by atoms with van der Waals surface area (Å²) in [6, 6.07) is 1.89. The van der Waals surface area contributed by atoms with Crippen LogP contribution in [0.4, 0.5) is 4.79 Å². The van der Waals surface area contributed by atoms with Crippen LogP contribution in [0.15, 0.2) is 0 Å². The number of piperidine rings is 1. The second-order valence-corrected chi connectivity index (χ2v) is 6.04. The molecule has 0 radical (unpaired) electrons. The van der Waals surface area contributed by atoms with Crippen LogP contribution in [0.3, 0.4) is 0 Å². The highest BCUT2D eigenvalue weighted by molar-refractivity contribution is 5.86. The first-order valence-corrected chi connectivity index (χ1v) is 6.21. The minimum absolute atomic E-state index is 0.00309. The lowest BCUT2D eigenvalue weighted by molar-refractivity contribution is -0.120. The molecule has 2 rings (SSSR count). The van der Waals surface area contributed by atoms with Crippen LogP contribution < -0.4 is 0 Å². The first kappa shape index (κ1) is 12.9. The van der Waals surface area contributed by atoms with Crippen molar-refractivity contribution in [2.24, 2.45) is 17.8 Å². The van der Waals surface area contributed by atoms with Gasteiger partial charge in [-0.05, 0) is 32.6 Å². The standard InChI is InChI=1S/C13H18N2O3/c1-13(2,3)18-12(17)15-6-8-9(7-15)11(8)10(16)4-5-14/h8-9,11H,4,6-7H2,1-3H3. The Morgan fingerprint density at radius 3 is 2.33 bits per heavy atom. The van der Waals surface area contributed by atoms with Gasteiger partial charge in [0.1, 0.15) is 5.60 Å². The Labute approximate surface area is 107 Å². The molecule has 2 atom stereocenters. The normalized spacial score (nSPS) is 29.4. The Kier molecular flexibility index (Phi) is 3.05. The fourth-order valence-corrected chi connectivity index (χ4v) is 2.68. The predicted octanol–water partition coefficient (Wildman–Crippen LogP) is 1.58. The Bertz CT molecular complexity index is 407. The molecule has 98 valence electrons. The van der Waals surface area contributed by atoms with E-state index in [0.717, 1.165) is 0 Å². The zero-order valence-corrected chi connectivity index (χ0v) is 11.0. The van der Waals surface area contributed by atoms with E-state index in [9.17, 15) is 9.59 Å². The van der Waals surface area contributed by atoms with Gasteiger partial charge in [0.05, 0.1) is 12.5 Å². The molecule has 1 saturated heterocycles. The smallest absolute Gasteiger partial charge is 0.410 e. The fraction of sp³-hybridized carbons (Fsp3) is 0.769. The van der Waals surface area contributed by atoms with Gasteiger partial charge in [0.15, 0.2) is 5.78 Å². The highest BCUT2D eigenvalue weighted by Gasteiger charge is 2.60. The molecule has 0 aromatic heterocycles. The van der Waals surface area contributed by atoms with Gasteiger partial charge in [-0.1, -0.05) is 0 Å². The lowest BCUT2D eigenvalue weighted by Crippen LogP contribution is -2.37. The first-order chi connectivity index (χ1) is 8.33. The highest BCUT2D eigenvalue weighted by atomic mass is 16.6. The SMILES string of the molecule is CC(C)(C)OC(=O)N1CC2C(C1)C2C(=O)CC#N. The summed E-state index contributed by atoms with van der Waals surface area (Å²) in [6.45, 7) is 6.67. The summed E-state index contributed by atoms with van der Waals surface area (Å²) in [5.74, 6) is 0.524. The van der Waals surface area contributed by atoms with Crippen LogP contribution in [-0.4, -0.2) is 35.5 Å². The monoisotopic (exact) mass is 250 g/mol. The van der Waals surface area contributed by atoms with Gasteiger partial charge in [-0.2, -0.15) is 5.26 Å². The van der Waals surface area contributed by atoms with E-state index >= 15 is 0 Å². The minimum atomic E-state index is -0.486. The van der Waals surface area contributed by atoms with Crippen molar-refractivity contribution < 1.29 is 14.3 Å². The minimum Gasteiger partial charge on any atom is -0.444 e. The van der Waals surface area contributed by atoms with Gasteiger partial charge in [-0.15, -0.1) is 0 Å². The largest absolute Gasteiger partial charge is 0.444 e. The van der Waals surface area contributed by atoms with E-state index < -0.39 is 5.60 Å². The van der Waals surface area contributed by atoms with Crippen LogP contribution in [0.5, 0.6) is 0 Å². The van der Waals surface area contributed by atoms with Crippen molar-refractivity contribution >= 4 is 11.9 Å². The van der Waals surface area contributed by atoms with Gasteiger partial charge >= 0.3 is 6.09 Å².